The maximum absolute atomic E-state index is 11.7. The monoisotopic (exact) mass is 324 g/mol. The summed E-state index contributed by atoms with van der Waals surface area (Å²) in [5.74, 6) is 0.167. The van der Waals surface area contributed by atoms with Crippen LogP contribution in [0.5, 0.6) is 0 Å². The maximum atomic E-state index is 11.7. The van der Waals surface area contributed by atoms with Crippen molar-refractivity contribution in [3.63, 3.8) is 0 Å². The molecular weight excluding hydrogens is 296 g/mol. The van der Waals surface area contributed by atoms with Crippen LogP contribution in [-0.2, 0) is 19.7 Å². The zero-order valence-electron chi connectivity index (χ0n) is 14.7. The fourth-order valence-electron chi connectivity index (χ4n) is 2.33. The van der Waals surface area contributed by atoms with Crippen LogP contribution in [0.1, 0.15) is 59.6 Å². The summed E-state index contributed by atoms with van der Waals surface area (Å²) in [6, 6.07) is 1.77. The normalized spacial score (nSPS) is 20.5. The standard InChI is InChI=1S/C17H28N2O4/c1-11(2)16(20)18-14-10-13(19-23-14)17(4,5)12(3)22-15-8-6-7-9-21-15/h10-12,15H,6-9H2,1-5H3,(H,18,20)/t12-,15?/m0/s1. The van der Waals surface area contributed by atoms with E-state index in [1.807, 2.05) is 34.6 Å². The third-order valence-corrected chi connectivity index (χ3v) is 4.45. The van der Waals surface area contributed by atoms with Gasteiger partial charge in [-0.15, -0.1) is 0 Å². The summed E-state index contributed by atoms with van der Waals surface area (Å²) in [6.07, 6.45) is 2.91. The van der Waals surface area contributed by atoms with Gasteiger partial charge in [0.2, 0.25) is 11.8 Å². The number of aromatic nitrogens is 1. The molecule has 0 bridgehead atoms. The van der Waals surface area contributed by atoms with Gasteiger partial charge >= 0.3 is 0 Å². The largest absolute Gasteiger partial charge is 0.353 e. The third-order valence-electron chi connectivity index (χ3n) is 4.45. The van der Waals surface area contributed by atoms with E-state index in [2.05, 4.69) is 10.5 Å². The smallest absolute Gasteiger partial charge is 0.231 e. The highest BCUT2D eigenvalue weighted by molar-refractivity contribution is 5.90. The Hall–Kier alpha value is -1.40. The molecule has 6 heteroatoms. The molecule has 1 saturated heterocycles. The second-order valence-electron chi connectivity index (χ2n) is 7.02. The van der Waals surface area contributed by atoms with Crippen LogP contribution in [0.3, 0.4) is 0 Å². The molecule has 6 nitrogen and oxygen atoms in total. The first-order valence-electron chi connectivity index (χ1n) is 8.36. The van der Waals surface area contributed by atoms with Crippen molar-refractivity contribution in [1.29, 1.82) is 0 Å². The van der Waals surface area contributed by atoms with Crippen LogP contribution in [0, 0.1) is 5.92 Å². The molecule has 0 aromatic carbocycles. The number of ether oxygens (including phenoxy) is 2. The van der Waals surface area contributed by atoms with Crippen molar-refractivity contribution in [2.75, 3.05) is 11.9 Å². The lowest BCUT2D eigenvalue weighted by Gasteiger charge is -2.34. The van der Waals surface area contributed by atoms with E-state index in [0.29, 0.717) is 5.88 Å². The summed E-state index contributed by atoms with van der Waals surface area (Å²) in [5.41, 5.74) is 0.394. The van der Waals surface area contributed by atoms with Crippen molar-refractivity contribution in [1.82, 2.24) is 5.16 Å². The van der Waals surface area contributed by atoms with E-state index in [1.54, 1.807) is 6.07 Å². The Morgan fingerprint density at radius 2 is 2.13 bits per heavy atom. The Morgan fingerprint density at radius 3 is 2.74 bits per heavy atom. The van der Waals surface area contributed by atoms with Crippen molar-refractivity contribution in [2.45, 2.75) is 71.7 Å². The predicted octanol–water partition coefficient (Wildman–Crippen LogP) is 3.48. The number of rotatable bonds is 6. The van der Waals surface area contributed by atoms with Gasteiger partial charge in [0.1, 0.15) is 0 Å². The first-order chi connectivity index (χ1) is 10.8. The summed E-state index contributed by atoms with van der Waals surface area (Å²) in [7, 11) is 0. The van der Waals surface area contributed by atoms with Gasteiger partial charge in [0, 0.05) is 24.0 Å². The molecule has 1 aliphatic rings. The van der Waals surface area contributed by atoms with E-state index in [9.17, 15) is 4.79 Å². The van der Waals surface area contributed by atoms with Gasteiger partial charge in [0.15, 0.2) is 6.29 Å². The number of carbonyl (C=O) groups is 1. The molecule has 2 heterocycles. The van der Waals surface area contributed by atoms with Crippen molar-refractivity contribution in [2.24, 2.45) is 5.92 Å². The minimum Gasteiger partial charge on any atom is -0.353 e. The second-order valence-corrected chi connectivity index (χ2v) is 7.02. The van der Waals surface area contributed by atoms with E-state index in [-0.39, 0.29) is 29.6 Å². The number of nitrogens with zero attached hydrogens (tertiary/aromatic N) is 1. The number of hydrogen-bond donors (Lipinski definition) is 1. The van der Waals surface area contributed by atoms with Crippen molar-refractivity contribution >= 4 is 11.8 Å². The highest BCUT2D eigenvalue weighted by Gasteiger charge is 2.34. The van der Waals surface area contributed by atoms with Crippen LogP contribution >= 0.6 is 0 Å². The Balaban J connectivity index is 2.00. The topological polar surface area (TPSA) is 73.6 Å². The fourth-order valence-corrected chi connectivity index (χ4v) is 2.33. The molecular formula is C17H28N2O4. The van der Waals surface area contributed by atoms with Crippen LogP contribution in [0.25, 0.3) is 0 Å². The van der Waals surface area contributed by atoms with E-state index < -0.39 is 0 Å². The molecule has 1 unspecified atom stereocenters. The molecule has 0 aliphatic carbocycles. The molecule has 2 rings (SSSR count). The van der Waals surface area contributed by atoms with Gasteiger partial charge in [-0.05, 0) is 26.2 Å². The van der Waals surface area contributed by atoms with E-state index in [0.717, 1.165) is 31.6 Å². The Labute approximate surface area is 137 Å². The van der Waals surface area contributed by atoms with Crippen LogP contribution in [0.15, 0.2) is 10.6 Å². The fraction of sp³-hybridized carbons (Fsp3) is 0.765. The molecule has 0 saturated carbocycles. The number of hydrogen-bond acceptors (Lipinski definition) is 5. The minimum atomic E-state index is -0.356. The van der Waals surface area contributed by atoms with Gasteiger partial charge in [-0.1, -0.05) is 32.9 Å². The van der Waals surface area contributed by atoms with Crippen molar-refractivity contribution in [3.05, 3.63) is 11.8 Å². The SMILES string of the molecule is CC(C)C(=O)Nc1cc(C(C)(C)[C@H](C)OC2CCCCO2)no1. The molecule has 1 N–H and O–H groups in total. The Morgan fingerprint density at radius 1 is 1.39 bits per heavy atom. The first-order valence-corrected chi connectivity index (χ1v) is 8.36. The molecule has 1 amide bonds. The molecule has 1 fully saturated rings. The molecule has 2 atom stereocenters. The number of carbonyl (C=O) groups excluding carboxylic acids is 1. The van der Waals surface area contributed by atoms with Crippen molar-refractivity contribution < 1.29 is 18.8 Å². The van der Waals surface area contributed by atoms with Gasteiger partial charge in [0.25, 0.3) is 0 Å². The second kappa shape index (κ2) is 7.45. The molecule has 1 aliphatic heterocycles. The van der Waals surface area contributed by atoms with Crippen molar-refractivity contribution in [3.8, 4) is 0 Å². The average molecular weight is 324 g/mol. The van der Waals surface area contributed by atoms with E-state index in [4.69, 9.17) is 14.0 Å². The van der Waals surface area contributed by atoms with Gasteiger partial charge in [0.05, 0.1) is 11.8 Å². The highest BCUT2D eigenvalue weighted by Crippen LogP contribution is 2.31. The van der Waals surface area contributed by atoms with Gasteiger partial charge in [-0.25, -0.2) is 0 Å². The lowest BCUT2D eigenvalue weighted by Crippen LogP contribution is -2.38. The highest BCUT2D eigenvalue weighted by atomic mass is 16.7. The van der Waals surface area contributed by atoms with Crippen LogP contribution in [-0.4, -0.2) is 30.1 Å². The lowest BCUT2D eigenvalue weighted by atomic mass is 9.84. The zero-order valence-corrected chi connectivity index (χ0v) is 14.7. The summed E-state index contributed by atoms with van der Waals surface area (Å²) >= 11 is 0. The third kappa shape index (κ3) is 4.54. The van der Waals surface area contributed by atoms with Crippen LogP contribution < -0.4 is 5.32 Å². The van der Waals surface area contributed by atoms with E-state index >= 15 is 0 Å². The molecule has 0 radical (unpaired) electrons. The zero-order chi connectivity index (χ0) is 17.0. The van der Waals surface area contributed by atoms with Gasteiger partial charge < -0.3 is 14.0 Å². The summed E-state index contributed by atoms with van der Waals surface area (Å²) in [4.78, 5) is 11.7. The molecule has 1 aromatic rings. The maximum Gasteiger partial charge on any atom is 0.231 e. The Bertz CT molecular complexity index is 518. The van der Waals surface area contributed by atoms with Gasteiger partial charge in [-0.2, -0.15) is 0 Å². The van der Waals surface area contributed by atoms with Gasteiger partial charge in [-0.3, -0.25) is 10.1 Å². The van der Waals surface area contributed by atoms with E-state index in [1.165, 1.54) is 0 Å². The molecule has 130 valence electrons. The number of nitrogens with one attached hydrogen (secondary N) is 1. The number of amides is 1. The summed E-state index contributed by atoms with van der Waals surface area (Å²) < 4.78 is 16.9. The average Bonchev–Trinajstić information content (AvgIpc) is 2.97. The first kappa shape index (κ1) is 17.9. The molecule has 23 heavy (non-hydrogen) atoms. The molecule has 0 spiro atoms. The quantitative estimate of drug-likeness (QED) is 0.867. The minimum absolute atomic E-state index is 0.0922. The molecule has 1 aromatic heterocycles. The van der Waals surface area contributed by atoms with Crippen LogP contribution in [0.4, 0.5) is 5.88 Å². The predicted molar refractivity (Wildman–Crippen MR) is 87.1 cm³/mol. The summed E-state index contributed by atoms with van der Waals surface area (Å²) in [6.45, 7) is 10.5. The Kier molecular flexibility index (Phi) is 5.81. The summed E-state index contributed by atoms with van der Waals surface area (Å²) in [5, 5.41) is 6.82. The number of anilines is 1. The lowest BCUT2D eigenvalue weighted by molar-refractivity contribution is -0.196. The van der Waals surface area contributed by atoms with Crippen LogP contribution in [0.2, 0.25) is 0 Å².